The first-order chi connectivity index (χ1) is 6.76. The van der Waals surface area contributed by atoms with Gasteiger partial charge in [0.15, 0.2) is 0 Å². The van der Waals surface area contributed by atoms with Gasteiger partial charge < -0.3 is 10.1 Å². The lowest BCUT2D eigenvalue weighted by molar-refractivity contribution is -0.124. The summed E-state index contributed by atoms with van der Waals surface area (Å²) < 4.78 is 5.25. The molecule has 1 aliphatic heterocycles. The molecule has 78 valence electrons. The van der Waals surface area contributed by atoms with E-state index in [4.69, 9.17) is 16.3 Å². The van der Waals surface area contributed by atoms with Crippen LogP contribution in [0, 0.1) is 17.8 Å². The minimum atomic E-state index is -0.0453. The highest BCUT2D eigenvalue weighted by molar-refractivity contribution is 6.19. The summed E-state index contributed by atoms with van der Waals surface area (Å²) in [6.07, 6.45) is 2.08. The van der Waals surface area contributed by atoms with E-state index in [0.29, 0.717) is 17.7 Å². The zero-order valence-electron chi connectivity index (χ0n) is 7.96. The first-order valence-electron chi connectivity index (χ1n) is 5.21. The second-order valence-corrected chi connectivity index (χ2v) is 5.06. The van der Waals surface area contributed by atoms with E-state index < -0.39 is 0 Å². The fourth-order valence-electron chi connectivity index (χ4n) is 2.42. The number of carbonyl (C=O) groups is 1. The van der Waals surface area contributed by atoms with E-state index in [1.807, 2.05) is 0 Å². The number of halogens is 1. The monoisotopic (exact) mass is 215 g/mol. The Bertz CT molecular complexity index is 267. The molecule has 1 amide bonds. The van der Waals surface area contributed by atoms with Gasteiger partial charge in [-0.25, -0.2) is 0 Å². The van der Waals surface area contributed by atoms with Gasteiger partial charge in [0.05, 0.1) is 18.8 Å². The van der Waals surface area contributed by atoms with Crippen LogP contribution in [0.15, 0.2) is 0 Å². The number of hydrogen-bond acceptors (Lipinski definition) is 2. The van der Waals surface area contributed by atoms with Crippen LogP contribution in [0.2, 0.25) is 0 Å². The SMILES string of the molecule is O=C(NC1(CCl)CC1)C1C2COCC21. The smallest absolute Gasteiger partial charge is 0.224 e. The van der Waals surface area contributed by atoms with Crippen LogP contribution < -0.4 is 5.32 Å². The highest BCUT2D eigenvalue weighted by Gasteiger charge is 2.59. The lowest BCUT2D eigenvalue weighted by Gasteiger charge is -2.14. The van der Waals surface area contributed by atoms with Crippen molar-refractivity contribution in [2.75, 3.05) is 19.1 Å². The molecule has 1 heterocycles. The molecule has 0 aromatic carbocycles. The van der Waals surface area contributed by atoms with Crippen LogP contribution in [0.4, 0.5) is 0 Å². The molecule has 1 saturated heterocycles. The standard InChI is InChI=1S/C10H14ClNO2/c11-5-10(1-2-10)12-9(13)8-6-3-14-4-7(6)8/h6-8H,1-5H2,(H,12,13). The molecule has 0 aromatic heterocycles. The second-order valence-electron chi connectivity index (χ2n) is 4.79. The van der Waals surface area contributed by atoms with E-state index in [-0.39, 0.29) is 17.4 Å². The fraction of sp³-hybridized carbons (Fsp3) is 0.900. The lowest BCUT2D eigenvalue weighted by atomic mass is 10.2. The molecular weight excluding hydrogens is 202 g/mol. The molecule has 0 aromatic rings. The molecule has 14 heavy (non-hydrogen) atoms. The first-order valence-corrected chi connectivity index (χ1v) is 5.75. The van der Waals surface area contributed by atoms with Gasteiger partial charge in [0.1, 0.15) is 0 Å². The summed E-state index contributed by atoms with van der Waals surface area (Å²) in [5.74, 6) is 1.99. The van der Waals surface area contributed by atoms with Crippen LogP contribution in [0.3, 0.4) is 0 Å². The van der Waals surface area contributed by atoms with Gasteiger partial charge in [-0.05, 0) is 24.7 Å². The highest BCUT2D eigenvalue weighted by atomic mass is 35.5. The molecule has 3 aliphatic rings. The maximum absolute atomic E-state index is 11.8. The molecule has 3 rings (SSSR count). The fourth-order valence-corrected chi connectivity index (χ4v) is 2.75. The Morgan fingerprint density at radius 3 is 2.57 bits per heavy atom. The Morgan fingerprint density at radius 1 is 1.43 bits per heavy atom. The van der Waals surface area contributed by atoms with Crippen LogP contribution >= 0.6 is 11.6 Å². The highest BCUT2D eigenvalue weighted by Crippen LogP contribution is 2.51. The Kier molecular flexibility index (Phi) is 1.83. The number of amides is 1. The van der Waals surface area contributed by atoms with Crippen molar-refractivity contribution in [3.63, 3.8) is 0 Å². The lowest BCUT2D eigenvalue weighted by Crippen LogP contribution is -2.40. The molecular formula is C10H14ClNO2. The normalized spacial score (nSPS) is 41.6. The number of rotatable bonds is 3. The Balaban J connectivity index is 1.57. The van der Waals surface area contributed by atoms with Gasteiger partial charge in [-0.1, -0.05) is 0 Å². The van der Waals surface area contributed by atoms with Crippen molar-refractivity contribution in [1.29, 1.82) is 0 Å². The van der Waals surface area contributed by atoms with E-state index >= 15 is 0 Å². The number of ether oxygens (including phenoxy) is 1. The van der Waals surface area contributed by atoms with Gasteiger partial charge in [-0.3, -0.25) is 4.79 Å². The molecule has 2 aliphatic carbocycles. The van der Waals surface area contributed by atoms with Crippen molar-refractivity contribution in [3.8, 4) is 0 Å². The molecule has 4 heteroatoms. The third kappa shape index (κ3) is 1.26. The average molecular weight is 216 g/mol. The Labute approximate surface area is 88.1 Å². The predicted molar refractivity (Wildman–Crippen MR) is 52.1 cm³/mol. The van der Waals surface area contributed by atoms with Crippen molar-refractivity contribution in [3.05, 3.63) is 0 Å². The first kappa shape index (κ1) is 8.98. The summed E-state index contributed by atoms with van der Waals surface area (Å²) in [5, 5.41) is 3.08. The average Bonchev–Trinajstić information content (AvgIpc) is 3.06. The van der Waals surface area contributed by atoms with Crippen LogP contribution in [0.1, 0.15) is 12.8 Å². The van der Waals surface area contributed by atoms with Crippen molar-refractivity contribution in [1.82, 2.24) is 5.32 Å². The van der Waals surface area contributed by atoms with Crippen LogP contribution in [0.5, 0.6) is 0 Å². The summed E-state index contributed by atoms with van der Waals surface area (Å²) >= 11 is 5.81. The van der Waals surface area contributed by atoms with Crippen molar-refractivity contribution in [2.24, 2.45) is 17.8 Å². The molecule has 3 fully saturated rings. The number of fused-ring (bicyclic) bond motifs is 1. The molecule has 2 unspecified atom stereocenters. The van der Waals surface area contributed by atoms with Crippen molar-refractivity contribution in [2.45, 2.75) is 18.4 Å². The third-order valence-corrected chi connectivity index (χ3v) is 4.26. The number of hydrogen-bond donors (Lipinski definition) is 1. The van der Waals surface area contributed by atoms with Gasteiger partial charge in [0, 0.05) is 11.8 Å². The maximum atomic E-state index is 11.8. The van der Waals surface area contributed by atoms with Crippen molar-refractivity contribution < 1.29 is 9.53 Å². The van der Waals surface area contributed by atoms with Crippen LogP contribution in [-0.4, -0.2) is 30.5 Å². The molecule has 0 spiro atoms. The van der Waals surface area contributed by atoms with Crippen LogP contribution in [0.25, 0.3) is 0 Å². The molecule has 1 N–H and O–H groups in total. The van der Waals surface area contributed by atoms with Gasteiger partial charge in [-0.15, -0.1) is 11.6 Å². The Morgan fingerprint density at radius 2 is 2.07 bits per heavy atom. The minimum Gasteiger partial charge on any atom is -0.381 e. The molecule has 3 nitrogen and oxygen atoms in total. The van der Waals surface area contributed by atoms with Gasteiger partial charge in [0.25, 0.3) is 0 Å². The van der Waals surface area contributed by atoms with Crippen molar-refractivity contribution >= 4 is 17.5 Å². The molecule has 0 radical (unpaired) electrons. The number of alkyl halides is 1. The van der Waals surface area contributed by atoms with Gasteiger partial charge >= 0.3 is 0 Å². The molecule has 2 saturated carbocycles. The number of nitrogens with one attached hydrogen (secondary N) is 1. The summed E-state index contributed by atoms with van der Waals surface area (Å²) in [6, 6.07) is 0. The third-order valence-electron chi connectivity index (χ3n) is 3.75. The summed E-state index contributed by atoms with van der Waals surface area (Å²) in [7, 11) is 0. The maximum Gasteiger partial charge on any atom is 0.224 e. The summed E-state index contributed by atoms with van der Waals surface area (Å²) in [5.41, 5.74) is -0.0453. The van der Waals surface area contributed by atoms with Crippen LogP contribution in [-0.2, 0) is 9.53 Å². The zero-order valence-corrected chi connectivity index (χ0v) is 8.72. The minimum absolute atomic E-state index is 0.0453. The summed E-state index contributed by atoms with van der Waals surface area (Å²) in [6.45, 7) is 1.55. The predicted octanol–water partition coefficient (Wildman–Crippen LogP) is 0.766. The van der Waals surface area contributed by atoms with Gasteiger partial charge in [-0.2, -0.15) is 0 Å². The van der Waals surface area contributed by atoms with E-state index in [1.54, 1.807) is 0 Å². The van der Waals surface area contributed by atoms with E-state index in [2.05, 4.69) is 5.32 Å². The molecule has 0 bridgehead atoms. The topological polar surface area (TPSA) is 38.3 Å². The molecule has 2 atom stereocenters. The number of carbonyl (C=O) groups excluding carboxylic acids is 1. The quantitative estimate of drug-likeness (QED) is 0.707. The Hall–Kier alpha value is -0.280. The van der Waals surface area contributed by atoms with E-state index in [1.165, 1.54) is 0 Å². The second kappa shape index (κ2) is 2.86. The zero-order chi connectivity index (χ0) is 9.76. The van der Waals surface area contributed by atoms with Gasteiger partial charge in [0.2, 0.25) is 5.91 Å². The van der Waals surface area contributed by atoms with E-state index in [0.717, 1.165) is 26.1 Å². The summed E-state index contributed by atoms with van der Waals surface area (Å²) in [4.78, 5) is 11.8. The largest absolute Gasteiger partial charge is 0.381 e. The van der Waals surface area contributed by atoms with E-state index in [9.17, 15) is 4.79 Å².